The minimum Gasteiger partial charge on any atom is -0.478 e. The summed E-state index contributed by atoms with van der Waals surface area (Å²) >= 11 is 0. The van der Waals surface area contributed by atoms with Gasteiger partial charge in [0.1, 0.15) is 6.10 Å². The monoisotopic (exact) mass is 263 g/mol. The van der Waals surface area contributed by atoms with E-state index in [9.17, 15) is 9.59 Å². The zero-order valence-corrected chi connectivity index (χ0v) is 10.8. The molecule has 0 radical (unpaired) electrons. The molecule has 1 aliphatic rings. The molecule has 0 aliphatic carbocycles. The average molecular weight is 263 g/mol. The molecule has 1 amide bonds. The molecule has 1 aliphatic heterocycles. The smallest absolute Gasteiger partial charge is 0.335 e. The lowest BCUT2D eigenvalue weighted by atomic mass is 10.1. The zero-order chi connectivity index (χ0) is 13.8. The second-order valence-electron chi connectivity index (χ2n) is 4.70. The summed E-state index contributed by atoms with van der Waals surface area (Å²) in [5.41, 5.74) is 1.15. The fraction of sp³-hybridized carbons (Fsp3) is 0.429. The lowest BCUT2D eigenvalue weighted by Gasteiger charge is -2.20. The molecule has 1 N–H and O–H groups in total. The Labute approximate surface area is 111 Å². The Bertz CT molecular complexity index is 463. The van der Waals surface area contributed by atoms with Crippen molar-refractivity contribution in [3.63, 3.8) is 0 Å². The molecular formula is C14H17NO4. The number of hydrogen-bond acceptors (Lipinski definition) is 3. The third-order valence-electron chi connectivity index (χ3n) is 3.20. The summed E-state index contributed by atoms with van der Waals surface area (Å²) in [6.45, 7) is 1.11. The fourth-order valence-corrected chi connectivity index (χ4v) is 2.12. The van der Waals surface area contributed by atoms with E-state index in [1.165, 1.54) is 0 Å². The molecule has 5 heteroatoms. The van der Waals surface area contributed by atoms with Crippen molar-refractivity contribution < 1.29 is 19.4 Å². The molecule has 1 saturated heterocycles. The Balaban J connectivity index is 1.96. The van der Waals surface area contributed by atoms with Crippen LogP contribution >= 0.6 is 0 Å². The van der Waals surface area contributed by atoms with Gasteiger partial charge in [-0.05, 0) is 30.5 Å². The third-order valence-corrected chi connectivity index (χ3v) is 3.20. The second-order valence-corrected chi connectivity index (χ2v) is 4.70. The number of amides is 1. The van der Waals surface area contributed by atoms with Gasteiger partial charge < -0.3 is 14.7 Å². The van der Waals surface area contributed by atoms with E-state index in [0.717, 1.165) is 18.4 Å². The van der Waals surface area contributed by atoms with Crippen molar-refractivity contribution in [2.45, 2.75) is 25.5 Å². The summed E-state index contributed by atoms with van der Waals surface area (Å²) in [5.74, 6) is -0.963. The summed E-state index contributed by atoms with van der Waals surface area (Å²) in [7, 11) is 1.73. The van der Waals surface area contributed by atoms with Crippen LogP contribution in [0.1, 0.15) is 28.8 Å². The predicted molar refractivity (Wildman–Crippen MR) is 68.8 cm³/mol. The zero-order valence-electron chi connectivity index (χ0n) is 10.8. The predicted octanol–water partition coefficient (Wildman–Crippen LogP) is 1.52. The van der Waals surface area contributed by atoms with Crippen LogP contribution in [0.25, 0.3) is 0 Å². The molecular weight excluding hydrogens is 246 g/mol. The highest BCUT2D eigenvalue weighted by Crippen LogP contribution is 2.15. The second kappa shape index (κ2) is 5.84. The van der Waals surface area contributed by atoms with Gasteiger partial charge in [0.05, 0.1) is 5.56 Å². The molecule has 0 saturated carbocycles. The maximum atomic E-state index is 12.0. The average Bonchev–Trinajstić information content (AvgIpc) is 2.92. The molecule has 5 nitrogen and oxygen atoms in total. The van der Waals surface area contributed by atoms with Crippen molar-refractivity contribution in [3.8, 4) is 0 Å². The van der Waals surface area contributed by atoms with Crippen molar-refractivity contribution in [2.24, 2.45) is 0 Å². The largest absolute Gasteiger partial charge is 0.478 e. The number of carbonyl (C=O) groups excluding carboxylic acids is 1. The molecule has 1 heterocycles. The van der Waals surface area contributed by atoms with E-state index in [0.29, 0.717) is 13.2 Å². The van der Waals surface area contributed by atoms with Crippen LogP contribution in [0.5, 0.6) is 0 Å². The highest BCUT2D eigenvalue weighted by Gasteiger charge is 2.26. The van der Waals surface area contributed by atoms with Gasteiger partial charge in [0.15, 0.2) is 0 Å². The van der Waals surface area contributed by atoms with Gasteiger partial charge in [-0.3, -0.25) is 4.79 Å². The van der Waals surface area contributed by atoms with Crippen LogP contribution in [0.2, 0.25) is 0 Å². The van der Waals surface area contributed by atoms with Gasteiger partial charge in [0, 0.05) is 20.2 Å². The van der Waals surface area contributed by atoms with Crippen LogP contribution in [0.4, 0.5) is 0 Å². The summed E-state index contributed by atoms with van der Waals surface area (Å²) in [6.07, 6.45) is 1.39. The van der Waals surface area contributed by atoms with E-state index in [1.807, 2.05) is 0 Å². The molecule has 1 atom stereocenters. The van der Waals surface area contributed by atoms with E-state index in [4.69, 9.17) is 9.84 Å². The first kappa shape index (κ1) is 13.5. The molecule has 19 heavy (non-hydrogen) atoms. The van der Waals surface area contributed by atoms with Gasteiger partial charge in [0.2, 0.25) is 0 Å². The summed E-state index contributed by atoms with van der Waals surface area (Å²) in [4.78, 5) is 24.4. The standard InChI is InChI=1S/C14H17NO4/c1-15(13(16)12-3-2-8-19-12)9-10-4-6-11(7-5-10)14(17)18/h4-7,12H,2-3,8-9H2,1H3,(H,17,18). The lowest BCUT2D eigenvalue weighted by Crippen LogP contribution is -2.35. The maximum absolute atomic E-state index is 12.0. The highest BCUT2D eigenvalue weighted by atomic mass is 16.5. The van der Waals surface area contributed by atoms with Gasteiger partial charge in [-0.15, -0.1) is 0 Å². The van der Waals surface area contributed by atoms with E-state index in [-0.39, 0.29) is 17.6 Å². The number of carbonyl (C=O) groups is 2. The molecule has 1 aromatic rings. The summed E-state index contributed by atoms with van der Waals surface area (Å²) in [6, 6.07) is 6.54. The van der Waals surface area contributed by atoms with Crippen LogP contribution in [0.3, 0.4) is 0 Å². The number of likely N-dealkylation sites (N-methyl/N-ethyl adjacent to an activating group) is 1. The summed E-state index contributed by atoms with van der Waals surface area (Å²) < 4.78 is 5.36. The number of carboxylic acid groups (broad SMARTS) is 1. The topological polar surface area (TPSA) is 66.8 Å². The SMILES string of the molecule is CN(Cc1ccc(C(=O)O)cc1)C(=O)C1CCCO1. The van der Waals surface area contributed by atoms with Gasteiger partial charge in [0.25, 0.3) is 5.91 Å². The van der Waals surface area contributed by atoms with Crippen LogP contribution in [0, 0.1) is 0 Å². The molecule has 1 unspecified atom stereocenters. The molecule has 0 aromatic heterocycles. The number of nitrogens with zero attached hydrogens (tertiary/aromatic N) is 1. The molecule has 0 spiro atoms. The molecule has 1 aromatic carbocycles. The molecule has 102 valence electrons. The van der Waals surface area contributed by atoms with E-state index in [1.54, 1.807) is 36.2 Å². The number of aromatic carboxylic acids is 1. The van der Waals surface area contributed by atoms with Crippen molar-refractivity contribution >= 4 is 11.9 Å². The van der Waals surface area contributed by atoms with Crippen LogP contribution in [-0.4, -0.2) is 41.6 Å². The van der Waals surface area contributed by atoms with Crippen LogP contribution in [0.15, 0.2) is 24.3 Å². The number of rotatable bonds is 4. The summed E-state index contributed by atoms with van der Waals surface area (Å²) in [5, 5.41) is 8.81. The van der Waals surface area contributed by atoms with E-state index < -0.39 is 5.97 Å². The number of hydrogen-bond donors (Lipinski definition) is 1. The minimum atomic E-state index is -0.949. The number of ether oxygens (including phenoxy) is 1. The van der Waals surface area contributed by atoms with Crippen LogP contribution in [-0.2, 0) is 16.1 Å². The Hall–Kier alpha value is -1.88. The van der Waals surface area contributed by atoms with E-state index in [2.05, 4.69) is 0 Å². The first-order valence-electron chi connectivity index (χ1n) is 6.27. The highest BCUT2D eigenvalue weighted by molar-refractivity contribution is 5.87. The molecule has 1 fully saturated rings. The number of benzene rings is 1. The number of carboxylic acids is 1. The van der Waals surface area contributed by atoms with Crippen molar-refractivity contribution in [3.05, 3.63) is 35.4 Å². The fourth-order valence-electron chi connectivity index (χ4n) is 2.12. The quantitative estimate of drug-likeness (QED) is 0.894. The molecule has 0 bridgehead atoms. The normalized spacial score (nSPS) is 18.3. The lowest BCUT2D eigenvalue weighted by molar-refractivity contribution is -0.140. The van der Waals surface area contributed by atoms with Crippen molar-refractivity contribution in [2.75, 3.05) is 13.7 Å². The maximum Gasteiger partial charge on any atom is 0.335 e. The Morgan fingerprint density at radius 3 is 2.58 bits per heavy atom. The minimum absolute atomic E-state index is 0.0141. The Morgan fingerprint density at radius 2 is 2.05 bits per heavy atom. The van der Waals surface area contributed by atoms with Crippen molar-refractivity contribution in [1.82, 2.24) is 4.90 Å². The van der Waals surface area contributed by atoms with Gasteiger partial charge >= 0.3 is 5.97 Å². The first-order valence-corrected chi connectivity index (χ1v) is 6.27. The van der Waals surface area contributed by atoms with Gasteiger partial charge in [-0.2, -0.15) is 0 Å². The van der Waals surface area contributed by atoms with Gasteiger partial charge in [-0.25, -0.2) is 4.79 Å². The van der Waals surface area contributed by atoms with Crippen molar-refractivity contribution in [1.29, 1.82) is 0 Å². The van der Waals surface area contributed by atoms with E-state index >= 15 is 0 Å². The molecule has 2 rings (SSSR count). The Morgan fingerprint density at radius 1 is 1.37 bits per heavy atom. The Kier molecular flexibility index (Phi) is 4.16. The first-order chi connectivity index (χ1) is 9.08. The van der Waals surface area contributed by atoms with Gasteiger partial charge in [-0.1, -0.05) is 12.1 Å². The third kappa shape index (κ3) is 3.32. The van der Waals surface area contributed by atoms with Crippen LogP contribution < -0.4 is 0 Å².